The van der Waals surface area contributed by atoms with Gasteiger partial charge in [-0.15, -0.1) is 0 Å². The number of oxime groups is 1. The van der Waals surface area contributed by atoms with Gasteiger partial charge < -0.3 is 4.84 Å². The standard InChI is InChI=1S/C9H6BrClF3NO/c10-7-4-2-1-3-6(7)5-16-15-8(11)9(12,13)14/h1-4H,5H2. The van der Waals surface area contributed by atoms with Gasteiger partial charge in [-0.05, 0) is 6.07 Å². The third-order valence-electron chi connectivity index (χ3n) is 1.56. The lowest BCUT2D eigenvalue weighted by atomic mass is 10.2. The van der Waals surface area contributed by atoms with Crippen LogP contribution in [0.3, 0.4) is 0 Å². The Bertz CT molecular complexity index is 395. The van der Waals surface area contributed by atoms with Gasteiger partial charge in [0.25, 0.3) is 0 Å². The lowest BCUT2D eigenvalue weighted by molar-refractivity contribution is -0.0594. The largest absolute Gasteiger partial charge is 0.447 e. The second kappa shape index (κ2) is 5.54. The van der Waals surface area contributed by atoms with E-state index in [0.717, 1.165) is 4.47 Å². The fourth-order valence-electron chi connectivity index (χ4n) is 0.826. The zero-order valence-electron chi connectivity index (χ0n) is 7.76. The van der Waals surface area contributed by atoms with Crippen LogP contribution >= 0.6 is 27.5 Å². The highest BCUT2D eigenvalue weighted by Gasteiger charge is 2.35. The fraction of sp³-hybridized carbons (Fsp3) is 0.222. The molecule has 0 heterocycles. The number of hydrogen-bond donors (Lipinski definition) is 0. The van der Waals surface area contributed by atoms with Crippen LogP contribution in [0.5, 0.6) is 0 Å². The molecule has 0 aliphatic heterocycles. The Morgan fingerprint density at radius 2 is 2.00 bits per heavy atom. The van der Waals surface area contributed by atoms with Gasteiger partial charge in [-0.25, -0.2) is 0 Å². The first-order valence-corrected chi connectivity index (χ1v) is 5.24. The average Bonchev–Trinajstić information content (AvgIpc) is 2.19. The number of alkyl halides is 3. The lowest BCUT2D eigenvalue weighted by Crippen LogP contribution is -2.17. The van der Waals surface area contributed by atoms with Crippen molar-refractivity contribution >= 4 is 32.7 Å². The number of rotatable bonds is 3. The van der Waals surface area contributed by atoms with Crippen molar-refractivity contribution < 1.29 is 18.0 Å². The topological polar surface area (TPSA) is 21.6 Å². The maximum atomic E-state index is 11.9. The zero-order valence-corrected chi connectivity index (χ0v) is 10.1. The molecule has 1 aromatic rings. The number of halogens is 5. The van der Waals surface area contributed by atoms with Gasteiger partial charge in [0, 0.05) is 10.0 Å². The Balaban J connectivity index is 2.57. The molecule has 0 radical (unpaired) electrons. The van der Waals surface area contributed by atoms with E-state index in [1.165, 1.54) is 0 Å². The van der Waals surface area contributed by atoms with Crippen LogP contribution in [0.2, 0.25) is 0 Å². The first-order chi connectivity index (χ1) is 7.41. The normalized spacial score (nSPS) is 12.7. The van der Waals surface area contributed by atoms with Crippen molar-refractivity contribution in [3.8, 4) is 0 Å². The zero-order chi connectivity index (χ0) is 12.2. The van der Waals surface area contributed by atoms with Crippen LogP contribution in [0.15, 0.2) is 33.9 Å². The van der Waals surface area contributed by atoms with E-state index in [1.807, 2.05) is 0 Å². The van der Waals surface area contributed by atoms with E-state index in [2.05, 4.69) is 25.9 Å². The Labute approximate surface area is 103 Å². The molecule has 0 unspecified atom stereocenters. The smallest absolute Gasteiger partial charge is 0.390 e. The van der Waals surface area contributed by atoms with Crippen LogP contribution in [0.1, 0.15) is 5.56 Å². The van der Waals surface area contributed by atoms with Crippen LogP contribution in [0.25, 0.3) is 0 Å². The number of nitrogens with zero attached hydrogens (tertiary/aromatic N) is 1. The van der Waals surface area contributed by atoms with Crippen molar-refractivity contribution in [1.82, 2.24) is 0 Å². The molecular formula is C9H6BrClF3NO. The highest BCUT2D eigenvalue weighted by Crippen LogP contribution is 2.21. The molecule has 16 heavy (non-hydrogen) atoms. The molecule has 0 aliphatic rings. The maximum absolute atomic E-state index is 11.9. The van der Waals surface area contributed by atoms with E-state index >= 15 is 0 Å². The minimum absolute atomic E-state index is 0.0896. The summed E-state index contributed by atoms with van der Waals surface area (Å²) in [6, 6.07) is 6.95. The quantitative estimate of drug-likeness (QED) is 0.608. The number of benzene rings is 1. The first kappa shape index (κ1) is 13.3. The Hall–Kier alpha value is -0.750. The third kappa shape index (κ3) is 4.02. The third-order valence-corrected chi connectivity index (χ3v) is 2.61. The van der Waals surface area contributed by atoms with E-state index in [4.69, 9.17) is 11.6 Å². The van der Waals surface area contributed by atoms with Crippen LogP contribution < -0.4 is 0 Å². The van der Waals surface area contributed by atoms with Crippen molar-refractivity contribution in [3.05, 3.63) is 34.3 Å². The molecule has 0 aliphatic carbocycles. The summed E-state index contributed by atoms with van der Waals surface area (Å²) in [5.41, 5.74) is 0.679. The molecule has 0 bridgehead atoms. The molecule has 7 heteroatoms. The minimum Gasteiger partial charge on any atom is -0.390 e. The van der Waals surface area contributed by atoms with Crippen LogP contribution in [0, 0.1) is 0 Å². The monoisotopic (exact) mass is 315 g/mol. The van der Waals surface area contributed by atoms with Gasteiger partial charge in [0.15, 0.2) is 0 Å². The Kier molecular flexibility index (Phi) is 4.61. The molecule has 0 amide bonds. The average molecular weight is 317 g/mol. The Morgan fingerprint density at radius 3 is 2.56 bits per heavy atom. The summed E-state index contributed by atoms with van der Waals surface area (Å²) in [6.45, 7) is -0.0896. The summed E-state index contributed by atoms with van der Waals surface area (Å²) in [7, 11) is 0. The molecule has 0 aromatic heterocycles. The van der Waals surface area contributed by atoms with Crippen molar-refractivity contribution in [2.24, 2.45) is 5.16 Å². The molecular weight excluding hydrogens is 310 g/mol. The van der Waals surface area contributed by atoms with Crippen LogP contribution in [-0.2, 0) is 11.4 Å². The predicted octanol–water partition coefficient (Wildman–Crippen LogP) is 4.08. The van der Waals surface area contributed by atoms with Gasteiger partial charge in [-0.1, -0.05) is 50.9 Å². The molecule has 0 N–H and O–H groups in total. The van der Waals surface area contributed by atoms with Crippen molar-refractivity contribution in [2.45, 2.75) is 12.8 Å². The van der Waals surface area contributed by atoms with Crippen LogP contribution in [-0.4, -0.2) is 11.3 Å². The molecule has 0 saturated heterocycles. The second-order valence-electron chi connectivity index (χ2n) is 2.74. The molecule has 0 saturated carbocycles. The van der Waals surface area contributed by atoms with E-state index < -0.39 is 11.3 Å². The molecule has 0 atom stereocenters. The fourth-order valence-corrected chi connectivity index (χ4v) is 1.27. The van der Waals surface area contributed by atoms with E-state index in [-0.39, 0.29) is 6.61 Å². The summed E-state index contributed by atoms with van der Waals surface area (Å²) in [5.74, 6) is 0. The predicted molar refractivity (Wildman–Crippen MR) is 58.3 cm³/mol. The van der Waals surface area contributed by atoms with Gasteiger partial charge in [-0.3, -0.25) is 0 Å². The summed E-state index contributed by atoms with van der Waals surface area (Å²) in [6.07, 6.45) is -4.67. The van der Waals surface area contributed by atoms with Gasteiger partial charge in [0.1, 0.15) is 6.61 Å². The summed E-state index contributed by atoms with van der Waals surface area (Å²) in [5, 5.41) is 1.24. The summed E-state index contributed by atoms with van der Waals surface area (Å²) in [4.78, 5) is 4.49. The second-order valence-corrected chi connectivity index (χ2v) is 3.96. The summed E-state index contributed by atoms with van der Waals surface area (Å²) >= 11 is 8.07. The van der Waals surface area contributed by atoms with Gasteiger partial charge >= 0.3 is 6.18 Å². The highest BCUT2D eigenvalue weighted by molar-refractivity contribution is 9.10. The van der Waals surface area contributed by atoms with Crippen LogP contribution in [0.4, 0.5) is 13.2 Å². The maximum Gasteiger partial charge on any atom is 0.447 e. The van der Waals surface area contributed by atoms with Gasteiger partial charge in [0.05, 0.1) is 0 Å². The highest BCUT2D eigenvalue weighted by atomic mass is 79.9. The molecule has 1 aromatic carbocycles. The first-order valence-electron chi connectivity index (χ1n) is 4.07. The van der Waals surface area contributed by atoms with E-state index in [0.29, 0.717) is 5.56 Å². The van der Waals surface area contributed by atoms with Crippen molar-refractivity contribution in [3.63, 3.8) is 0 Å². The molecule has 1 rings (SSSR count). The Morgan fingerprint density at radius 1 is 1.38 bits per heavy atom. The summed E-state index contributed by atoms with van der Waals surface area (Å²) < 4.78 is 36.4. The molecule has 88 valence electrons. The minimum atomic E-state index is -4.67. The molecule has 2 nitrogen and oxygen atoms in total. The van der Waals surface area contributed by atoms with Crippen molar-refractivity contribution in [2.75, 3.05) is 0 Å². The van der Waals surface area contributed by atoms with Gasteiger partial charge in [0.2, 0.25) is 5.17 Å². The number of hydrogen-bond acceptors (Lipinski definition) is 2. The SMILES string of the molecule is FC(F)(F)C(Cl)=NOCc1ccccc1Br. The van der Waals surface area contributed by atoms with Gasteiger partial charge in [-0.2, -0.15) is 13.2 Å². The van der Waals surface area contributed by atoms with Crippen molar-refractivity contribution in [1.29, 1.82) is 0 Å². The molecule has 0 fully saturated rings. The molecule has 0 spiro atoms. The van der Waals surface area contributed by atoms with E-state index in [1.54, 1.807) is 24.3 Å². The lowest BCUT2D eigenvalue weighted by Gasteiger charge is -2.05. The van der Waals surface area contributed by atoms with E-state index in [9.17, 15) is 13.2 Å².